The molecule has 0 spiro atoms. The van der Waals surface area contributed by atoms with Crippen molar-refractivity contribution in [2.75, 3.05) is 130 Å². The third kappa shape index (κ3) is 27.9. The molecule has 10 nitrogen and oxygen atoms in total. The molecule has 0 unspecified atom stereocenters. The fraction of sp³-hybridized carbons (Fsp3) is 1.00. The maximum absolute atomic E-state index is 5.79. The average molecular weight is 664 g/mol. The summed E-state index contributed by atoms with van der Waals surface area (Å²) in [5.41, 5.74) is 0. The molecule has 1 heterocycles. The van der Waals surface area contributed by atoms with Gasteiger partial charge in [-0.3, -0.25) is 0 Å². The van der Waals surface area contributed by atoms with Crippen LogP contribution in [0.1, 0.15) is 38.5 Å². The van der Waals surface area contributed by atoms with E-state index < -0.39 is 0 Å². The number of rotatable bonds is 31. The maximum Gasteiger partial charge on any atom is 0.0704 e. The van der Waals surface area contributed by atoms with E-state index >= 15 is 0 Å². The van der Waals surface area contributed by atoms with Crippen molar-refractivity contribution in [1.82, 2.24) is 5.32 Å². The van der Waals surface area contributed by atoms with E-state index in [2.05, 4.69) is 27.9 Å². The molecule has 0 amide bonds. The minimum atomic E-state index is 0.380. The summed E-state index contributed by atoms with van der Waals surface area (Å²) in [5, 5.41) is 3.33. The average Bonchev–Trinajstić information content (AvgIpc) is 2.94. The van der Waals surface area contributed by atoms with E-state index in [1.54, 1.807) is 0 Å². The fourth-order valence-corrected chi connectivity index (χ4v) is 4.07. The van der Waals surface area contributed by atoms with Crippen molar-refractivity contribution >= 4 is 22.6 Å². The molecule has 38 heavy (non-hydrogen) atoms. The minimum absolute atomic E-state index is 0.380. The van der Waals surface area contributed by atoms with Crippen LogP contribution in [0.5, 0.6) is 0 Å². The van der Waals surface area contributed by atoms with Gasteiger partial charge in [-0.1, -0.05) is 35.4 Å². The highest BCUT2D eigenvalue weighted by Crippen LogP contribution is 2.06. The van der Waals surface area contributed by atoms with Crippen LogP contribution >= 0.6 is 22.6 Å². The third-order valence-corrected chi connectivity index (χ3v) is 6.41. The number of hydrogen-bond donors (Lipinski definition) is 1. The van der Waals surface area contributed by atoms with Crippen LogP contribution in [-0.4, -0.2) is 136 Å². The Hall–Kier alpha value is 0.330. The van der Waals surface area contributed by atoms with E-state index in [1.165, 1.54) is 23.7 Å². The lowest BCUT2D eigenvalue weighted by Crippen LogP contribution is -2.33. The van der Waals surface area contributed by atoms with Gasteiger partial charge >= 0.3 is 0 Å². The highest BCUT2D eigenvalue weighted by molar-refractivity contribution is 14.1. The zero-order valence-corrected chi connectivity index (χ0v) is 25.7. The van der Waals surface area contributed by atoms with Crippen molar-refractivity contribution in [3.8, 4) is 0 Å². The Morgan fingerprint density at radius 3 is 1.16 bits per heavy atom. The molecule has 1 aliphatic heterocycles. The second kappa shape index (κ2) is 31.9. The second-order valence-electron chi connectivity index (χ2n) is 8.82. The molecular weight excluding hydrogens is 609 g/mol. The van der Waals surface area contributed by atoms with Crippen LogP contribution in [0, 0.1) is 0 Å². The summed E-state index contributed by atoms with van der Waals surface area (Å²) in [6.07, 6.45) is 7.56. The van der Waals surface area contributed by atoms with Gasteiger partial charge in [0.25, 0.3) is 0 Å². The monoisotopic (exact) mass is 663 g/mol. The van der Waals surface area contributed by atoms with Crippen molar-refractivity contribution in [1.29, 1.82) is 0 Å². The van der Waals surface area contributed by atoms with Crippen LogP contribution in [0.2, 0.25) is 0 Å². The third-order valence-electron chi connectivity index (χ3n) is 5.64. The zero-order valence-electron chi connectivity index (χ0n) is 23.5. The summed E-state index contributed by atoms with van der Waals surface area (Å²) in [5.74, 6) is 0. The van der Waals surface area contributed by atoms with Gasteiger partial charge in [0, 0.05) is 6.61 Å². The predicted molar refractivity (Wildman–Crippen MR) is 156 cm³/mol. The Labute approximate surface area is 244 Å². The second-order valence-corrected chi connectivity index (χ2v) is 9.90. The van der Waals surface area contributed by atoms with E-state index in [9.17, 15) is 0 Å². The Bertz CT molecular complexity index is 449. The predicted octanol–water partition coefficient (Wildman–Crippen LogP) is 2.88. The Kier molecular flexibility index (Phi) is 30.5. The molecule has 1 saturated heterocycles. The number of ether oxygens (including phenoxy) is 9. The molecule has 0 aromatic rings. The molecule has 1 rings (SSSR count). The molecule has 0 radical (unpaired) electrons. The smallest absolute Gasteiger partial charge is 0.0704 e. The van der Waals surface area contributed by atoms with Crippen molar-refractivity contribution in [3.63, 3.8) is 0 Å². The van der Waals surface area contributed by atoms with Crippen LogP contribution in [0.15, 0.2) is 0 Å². The maximum atomic E-state index is 5.79. The van der Waals surface area contributed by atoms with Gasteiger partial charge in [0.2, 0.25) is 0 Å². The Balaban J connectivity index is 1.61. The van der Waals surface area contributed by atoms with Crippen LogP contribution < -0.4 is 5.32 Å². The molecule has 0 bridgehead atoms. The molecule has 0 saturated carbocycles. The quantitative estimate of drug-likeness (QED) is 0.0679. The Morgan fingerprint density at radius 2 is 0.763 bits per heavy atom. The van der Waals surface area contributed by atoms with Gasteiger partial charge in [0.05, 0.1) is 112 Å². The number of halogens is 1. The standard InChI is InChI=1S/C27H54INO9/c28-7-3-1-2-4-10-30-11-12-31-13-14-32-15-16-33-17-18-34-19-20-35-21-22-36-23-24-37-25-26-38-27-5-8-29-9-6-27/h27,29H,1-26H2. The summed E-state index contributed by atoms with van der Waals surface area (Å²) in [6, 6.07) is 0. The first kappa shape index (κ1) is 36.4. The molecule has 0 aliphatic carbocycles. The first-order valence-corrected chi connectivity index (χ1v) is 16.0. The van der Waals surface area contributed by atoms with Gasteiger partial charge in [-0.05, 0) is 43.2 Å². The van der Waals surface area contributed by atoms with E-state index in [0.29, 0.717) is 112 Å². The van der Waals surface area contributed by atoms with Crippen LogP contribution in [0.3, 0.4) is 0 Å². The molecule has 11 heteroatoms. The summed E-state index contributed by atoms with van der Waals surface area (Å²) in [4.78, 5) is 0. The fourth-order valence-electron chi connectivity index (χ4n) is 3.53. The van der Waals surface area contributed by atoms with Crippen molar-refractivity contribution < 1.29 is 42.6 Å². The lowest BCUT2D eigenvalue weighted by molar-refractivity contribution is -0.0318. The number of unbranched alkanes of at least 4 members (excludes halogenated alkanes) is 3. The van der Waals surface area contributed by atoms with E-state index in [4.69, 9.17) is 42.6 Å². The van der Waals surface area contributed by atoms with Gasteiger partial charge in [-0.15, -0.1) is 0 Å². The van der Waals surface area contributed by atoms with E-state index in [1.807, 2.05) is 0 Å². The Morgan fingerprint density at radius 1 is 0.421 bits per heavy atom. The van der Waals surface area contributed by atoms with Gasteiger partial charge in [0.1, 0.15) is 0 Å². The topological polar surface area (TPSA) is 95.1 Å². The van der Waals surface area contributed by atoms with Crippen LogP contribution in [0.4, 0.5) is 0 Å². The van der Waals surface area contributed by atoms with Gasteiger partial charge < -0.3 is 47.9 Å². The lowest BCUT2D eigenvalue weighted by Gasteiger charge is -2.22. The molecular formula is C27H54INO9. The molecule has 1 aliphatic rings. The number of hydrogen-bond acceptors (Lipinski definition) is 10. The van der Waals surface area contributed by atoms with Gasteiger partial charge in [-0.2, -0.15) is 0 Å². The summed E-state index contributed by atoms with van der Waals surface area (Å²) >= 11 is 2.42. The molecule has 0 aromatic heterocycles. The number of alkyl halides is 1. The lowest BCUT2D eigenvalue weighted by atomic mass is 10.1. The molecule has 1 fully saturated rings. The molecule has 0 atom stereocenters. The van der Waals surface area contributed by atoms with E-state index in [0.717, 1.165) is 39.0 Å². The minimum Gasteiger partial charge on any atom is -0.379 e. The van der Waals surface area contributed by atoms with Crippen LogP contribution in [-0.2, 0) is 42.6 Å². The number of piperidine rings is 1. The SMILES string of the molecule is ICCCCCCOCCOCCOCCOCCOCCOCCOCCOCCOC1CCNCC1. The highest BCUT2D eigenvalue weighted by Gasteiger charge is 2.12. The number of nitrogens with one attached hydrogen (secondary N) is 1. The zero-order chi connectivity index (χ0) is 27.0. The van der Waals surface area contributed by atoms with Gasteiger partial charge in [0.15, 0.2) is 0 Å². The van der Waals surface area contributed by atoms with Crippen LogP contribution in [0.25, 0.3) is 0 Å². The summed E-state index contributed by atoms with van der Waals surface area (Å²) < 4.78 is 51.0. The van der Waals surface area contributed by atoms with E-state index in [-0.39, 0.29) is 0 Å². The van der Waals surface area contributed by atoms with Crippen molar-refractivity contribution in [3.05, 3.63) is 0 Å². The summed E-state index contributed by atoms with van der Waals surface area (Å²) in [7, 11) is 0. The summed E-state index contributed by atoms with van der Waals surface area (Å²) in [6.45, 7) is 12.1. The molecule has 228 valence electrons. The van der Waals surface area contributed by atoms with Crippen molar-refractivity contribution in [2.45, 2.75) is 44.6 Å². The largest absolute Gasteiger partial charge is 0.379 e. The molecule has 0 aromatic carbocycles. The molecule has 1 N–H and O–H groups in total. The van der Waals surface area contributed by atoms with Gasteiger partial charge in [-0.25, -0.2) is 0 Å². The first-order valence-electron chi connectivity index (χ1n) is 14.4. The highest BCUT2D eigenvalue weighted by atomic mass is 127. The van der Waals surface area contributed by atoms with Crippen molar-refractivity contribution in [2.24, 2.45) is 0 Å². The first-order chi connectivity index (χ1) is 18.9. The normalized spacial score (nSPS) is 14.4.